The average molecular weight is 320 g/mol. The number of thioether (sulfide) groups is 1. The third-order valence-electron chi connectivity index (χ3n) is 2.68. The summed E-state index contributed by atoms with van der Waals surface area (Å²) in [5.74, 6) is 1.63. The van der Waals surface area contributed by atoms with Gasteiger partial charge in [-0.1, -0.05) is 23.4 Å². The van der Waals surface area contributed by atoms with Crippen LogP contribution in [0.4, 0.5) is 0 Å². The summed E-state index contributed by atoms with van der Waals surface area (Å²) in [6.07, 6.45) is 1.50. The first kappa shape index (κ1) is 13.9. The number of rotatable bonds is 3. The molecular formula is C14H10ClN3O2S. The maximum absolute atomic E-state index is 11.0. The number of hydrogen-bond donors (Lipinski definition) is 1. The highest BCUT2D eigenvalue weighted by atomic mass is 35.5. The summed E-state index contributed by atoms with van der Waals surface area (Å²) in [5.41, 5.74) is 0.934. The van der Waals surface area contributed by atoms with Crippen molar-refractivity contribution in [2.75, 3.05) is 5.75 Å². The summed E-state index contributed by atoms with van der Waals surface area (Å²) in [7, 11) is 0. The Labute approximate surface area is 130 Å². The van der Waals surface area contributed by atoms with Crippen LogP contribution in [0.1, 0.15) is 5.76 Å². The second-order valence-corrected chi connectivity index (χ2v) is 5.60. The van der Waals surface area contributed by atoms with Gasteiger partial charge in [-0.2, -0.15) is 5.10 Å². The second kappa shape index (κ2) is 6.15. The van der Waals surface area contributed by atoms with Gasteiger partial charge in [-0.15, -0.1) is 5.10 Å². The largest absolute Gasteiger partial charge is 0.455 e. The van der Waals surface area contributed by atoms with E-state index in [0.717, 1.165) is 11.3 Å². The molecule has 1 fully saturated rings. The highest BCUT2D eigenvalue weighted by Crippen LogP contribution is 2.23. The summed E-state index contributed by atoms with van der Waals surface area (Å²) in [6.45, 7) is 0. The molecule has 0 radical (unpaired) electrons. The van der Waals surface area contributed by atoms with Gasteiger partial charge in [0.1, 0.15) is 11.5 Å². The Morgan fingerprint density at radius 1 is 1.24 bits per heavy atom. The predicted molar refractivity (Wildman–Crippen MR) is 84.8 cm³/mol. The molecular weight excluding hydrogens is 310 g/mol. The van der Waals surface area contributed by atoms with E-state index in [1.807, 2.05) is 18.2 Å². The Morgan fingerprint density at radius 2 is 2.05 bits per heavy atom. The first-order chi connectivity index (χ1) is 10.2. The Kier molecular flexibility index (Phi) is 4.08. The van der Waals surface area contributed by atoms with Crippen molar-refractivity contribution in [3.05, 3.63) is 47.2 Å². The zero-order chi connectivity index (χ0) is 14.7. The summed E-state index contributed by atoms with van der Waals surface area (Å²) >= 11 is 7.17. The Bertz CT molecular complexity index is 722. The van der Waals surface area contributed by atoms with Crippen LogP contribution in [0, 0.1) is 0 Å². The normalized spacial score (nSPS) is 16.8. The number of nitrogens with zero attached hydrogens (tertiary/aromatic N) is 2. The first-order valence-corrected chi connectivity index (χ1v) is 7.46. The fourth-order valence-electron chi connectivity index (χ4n) is 1.71. The highest BCUT2D eigenvalue weighted by Gasteiger charge is 2.15. The zero-order valence-electron chi connectivity index (χ0n) is 10.7. The van der Waals surface area contributed by atoms with E-state index in [0.29, 0.717) is 21.7 Å². The van der Waals surface area contributed by atoms with E-state index >= 15 is 0 Å². The fourth-order valence-corrected chi connectivity index (χ4v) is 2.47. The van der Waals surface area contributed by atoms with Crippen LogP contribution in [0.2, 0.25) is 5.02 Å². The lowest BCUT2D eigenvalue weighted by Crippen LogP contribution is -2.19. The lowest BCUT2D eigenvalue weighted by Gasteiger charge is -1.96. The van der Waals surface area contributed by atoms with Crippen LogP contribution in [0.5, 0.6) is 0 Å². The minimum absolute atomic E-state index is 0.0584. The van der Waals surface area contributed by atoms with Crippen LogP contribution in [0.15, 0.2) is 51.0 Å². The predicted octanol–water partition coefficient (Wildman–Crippen LogP) is 3.15. The molecule has 2 aromatic rings. The van der Waals surface area contributed by atoms with E-state index in [9.17, 15) is 4.79 Å². The SMILES string of the molecule is O=C1CS/C(=N/N=Cc2ccc(-c3ccc(Cl)cc3)o2)N1. The van der Waals surface area contributed by atoms with Crippen LogP contribution >= 0.6 is 23.4 Å². The number of amides is 1. The molecule has 1 aromatic heterocycles. The van der Waals surface area contributed by atoms with Gasteiger partial charge in [0, 0.05) is 10.6 Å². The number of carbonyl (C=O) groups excluding carboxylic acids is 1. The smallest absolute Gasteiger partial charge is 0.236 e. The van der Waals surface area contributed by atoms with Crippen molar-refractivity contribution in [1.82, 2.24) is 5.32 Å². The summed E-state index contributed by atoms with van der Waals surface area (Å²) in [6, 6.07) is 11.0. The highest BCUT2D eigenvalue weighted by molar-refractivity contribution is 8.15. The molecule has 5 nitrogen and oxygen atoms in total. The third kappa shape index (κ3) is 3.53. The summed E-state index contributed by atoms with van der Waals surface area (Å²) < 4.78 is 5.64. The number of hydrogen-bond acceptors (Lipinski definition) is 5. The van der Waals surface area contributed by atoms with Gasteiger partial charge in [0.05, 0.1) is 12.0 Å². The van der Waals surface area contributed by atoms with Gasteiger partial charge in [0.25, 0.3) is 0 Å². The van der Waals surface area contributed by atoms with Gasteiger partial charge in [0.15, 0.2) is 5.17 Å². The molecule has 0 aliphatic carbocycles. The molecule has 2 heterocycles. The Morgan fingerprint density at radius 3 is 2.76 bits per heavy atom. The van der Waals surface area contributed by atoms with Gasteiger partial charge in [-0.3, -0.25) is 4.79 Å². The van der Waals surface area contributed by atoms with Crippen molar-refractivity contribution in [2.45, 2.75) is 0 Å². The fraction of sp³-hybridized carbons (Fsp3) is 0.0714. The van der Waals surface area contributed by atoms with Crippen molar-refractivity contribution >= 4 is 40.7 Å². The maximum Gasteiger partial charge on any atom is 0.236 e. The van der Waals surface area contributed by atoms with Crippen molar-refractivity contribution in [3.63, 3.8) is 0 Å². The minimum atomic E-state index is -0.0584. The van der Waals surface area contributed by atoms with Crippen LogP contribution in [0.25, 0.3) is 11.3 Å². The number of halogens is 1. The van der Waals surface area contributed by atoms with Gasteiger partial charge < -0.3 is 9.73 Å². The van der Waals surface area contributed by atoms with E-state index < -0.39 is 0 Å². The van der Waals surface area contributed by atoms with Crippen molar-refractivity contribution in [1.29, 1.82) is 0 Å². The average Bonchev–Trinajstić information content (AvgIpc) is 3.09. The number of amidine groups is 1. The number of furan rings is 1. The molecule has 1 aromatic carbocycles. The Balaban J connectivity index is 1.70. The van der Waals surface area contributed by atoms with Gasteiger partial charge in [-0.25, -0.2) is 0 Å². The topological polar surface area (TPSA) is 67.0 Å². The lowest BCUT2D eigenvalue weighted by atomic mass is 10.2. The van der Waals surface area contributed by atoms with E-state index in [2.05, 4.69) is 15.5 Å². The van der Waals surface area contributed by atoms with Gasteiger partial charge in [-0.05, 0) is 36.4 Å². The van der Waals surface area contributed by atoms with Crippen molar-refractivity contribution < 1.29 is 9.21 Å². The third-order valence-corrected chi connectivity index (χ3v) is 3.79. The molecule has 0 bridgehead atoms. The van der Waals surface area contributed by atoms with Crippen molar-refractivity contribution in [3.8, 4) is 11.3 Å². The molecule has 21 heavy (non-hydrogen) atoms. The quantitative estimate of drug-likeness (QED) is 0.698. The minimum Gasteiger partial charge on any atom is -0.455 e. The van der Waals surface area contributed by atoms with Crippen LogP contribution in [0.3, 0.4) is 0 Å². The maximum atomic E-state index is 11.0. The molecule has 1 aliphatic rings. The first-order valence-electron chi connectivity index (χ1n) is 6.10. The van der Waals surface area contributed by atoms with Gasteiger partial charge in [0.2, 0.25) is 5.91 Å². The van der Waals surface area contributed by atoms with E-state index in [1.165, 1.54) is 18.0 Å². The molecule has 1 saturated heterocycles. The molecule has 3 rings (SSSR count). The van der Waals surface area contributed by atoms with Crippen LogP contribution < -0.4 is 5.32 Å². The second-order valence-electron chi connectivity index (χ2n) is 4.20. The molecule has 1 amide bonds. The molecule has 0 unspecified atom stereocenters. The summed E-state index contributed by atoms with van der Waals surface area (Å²) in [5, 5.41) is 11.6. The number of nitrogens with one attached hydrogen (secondary N) is 1. The van der Waals surface area contributed by atoms with E-state index in [1.54, 1.807) is 18.2 Å². The number of carbonyl (C=O) groups is 1. The van der Waals surface area contributed by atoms with Gasteiger partial charge >= 0.3 is 0 Å². The number of benzene rings is 1. The van der Waals surface area contributed by atoms with Crippen LogP contribution in [-0.4, -0.2) is 23.0 Å². The zero-order valence-corrected chi connectivity index (χ0v) is 12.3. The van der Waals surface area contributed by atoms with E-state index in [-0.39, 0.29) is 5.91 Å². The molecule has 1 aliphatic heterocycles. The standard InChI is InChI=1S/C14H10ClN3O2S/c15-10-3-1-9(2-4-10)12-6-5-11(20-12)7-16-18-14-17-13(19)8-21-14/h1-7H,8H2,(H,17,18,19). The summed E-state index contributed by atoms with van der Waals surface area (Å²) in [4.78, 5) is 11.0. The molecule has 0 saturated carbocycles. The monoisotopic (exact) mass is 319 g/mol. The van der Waals surface area contributed by atoms with Crippen molar-refractivity contribution in [2.24, 2.45) is 10.2 Å². The molecule has 1 N–H and O–H groups in total. The van der Waals surface area contributed by atoms with Crippen LogP contribution in [-0.2, 0) is 4.79 Å². The van der Waals surface area contributed by atoms with E-state index in [4.69, 9.17) is 16.0 Å². The molecule has 7 heteroatoms. The molecule has 106 valence electrons. The molecule has 0 atom stereocenters. The lowest BCUT2D eigenvalue weighted by molar-refractivity contribution is -0.116. The molecule has 0 spiro atoms. The Hall–Kier alpha value is -2.05.